The maximum Gasteiger partial charge on any atom is 0.338 e. The Morgan fingerprint density at radius 2 is 1.38 bits per heavy atom. The van der Waals surface area contributed by atoms with Crippen molar-refractivity contribution in [2.75, 3.05) is 19.6 Å². The van der Waals surface area contributed by atoms with Crippen molar-refractivity contribution in [1.29, 1.82) is 0 Å². The van der Waals surface area contributed by atoms with Gasteiger partial charge in [0.1, 0.15) is 11.2 Å². The molecule has 0 amide bonds. The average molecular weight is 364 g/mol. The molecule has 0 spiro atoms. The van der Waals surface area contributed by atoms with E-state index in [1.165, 1.54) is 0 Å². The van der Waals surface area contributed by atoms with Gasteiger partial charge in [-0.05, 0) is 59.2 Å². The van der Waals surface area contributed by atoms with E-state index in [4.69, 9.17) is 9.47 Å². The predicted octanol–water partition coefficient (Wildman–Crippen LogP) is 2.66. The molecule has 0 unspecified atom stereocenters. The standard InChI is InChI=1S/C20H32N2O4/c1-19(2,3)25-17(23)14-22-12-11-21-13-15-7-9-16(10-8-15)18(24)26-20(4,5)6/h7-10,21-22H,11-14H2,1-6H3. The van der Waals surface area contributed by atoms with E-state index >= 15 is 0 Å². The minimum Gasteiger partial charge on any atom is -0.459 e. The molecule has 0 saturated heterocycles. The van der Waals surface area contributed by atoms with Gasteiger partial charge in [-0.15, -0.1) is 0 Å². The van der Waals surface area contributed by atoms with Gasteiger partial charge in [0.2, 0.25) is 0 Å². The summed E-state index contributed by atoms with van der Waals surface area (Å²) in [6.45, 7) is 13.3. The van der Waals surface area contributed by atoms with E-state index in [9.17, 15) is 9.59 Å². The number of rotatable bonds is 8. The number of carbonyl (C=O) groups excluding carboxylic acids is 2. The summed E-state index contributed by atoms with van der Waals surface area (Å²) in [5, 5.41) is 6.32. The molecule has 26 heavy (non-hydrogen) atoms. The second-order valence-electron chi connectivity index (χ2n) is 8.14. The molecule has 0 aliphatic rings. The number of nitrogens with one attached hydrogen (secondary N) is 2. The Morgan fingerprint density at radius 1 is 0.846 bits per heavy atom. The largest absolute Gasteiger partial charge is 0.459 e. The first-order valence-electron chi connectivity index (χ1n) is 8.92. The maximum atomic E-state index is 12.0. The Kier molecular flexibility index (Phi) is 8.24. The van der Waals surface area contributed by atoms with Crippen molar-refractivity contribution in [2.45, 2.75) is 59.3 Å². The Morgan fingerprint density at radius 3 is 1.92 bits per heavy atom. The molecule has 1 aromatic carbocycles. The van der Waals surface area contributed by atoms with Crippen LogP contribution in [0.5, 0.6) is 0 Å². The monoisotopic (exact) mass is 364 g/mol. The van der Waals surface area contributed by atoms with Crippen molar-refractivity contribution in [3.05, 3.63) is 35.4 Å². The Hall–Kier alpha value is -1.92. The van der Waals surface area contributed by atoms with E-state index in [0.717, 1.165) is 12.1 Å². The third-order valence-electron chi connectivity index (χ3n) is 3.09. The average Bonchev–Trinajstić information content (AvgIpc) is 2.48. The highest BCUT2D eigenvalue weighted by Gasteiger charge is 2.17. The number of benzene rings is 1. The summed E-state index contributed by atoms with van der Waals surface area (Å²) in [5.74, 6) is -0.571. The van der Waals surface area contributed by atoms with Gasteiger partial charge < -0.3 is 20.1 Å². The van der Waals surface area contributed by atoms with Gasteiger partial charge in [-0.2, -0.15) is 0 Å². The van der Waals surface area contributed by atoms with Crippen LogP contribution in [0.15, 0.2) is 24.3 Å². The molecule has 0 aliphatic carbocycles. The molecule has 2 N–H and O–H groups in total. The molecule has 1 rings (SSSR count). The first-order valence-corrected chi connectivity index (χ1v) is 8.92. The number of ether oxygens (including phenoxy) is 2. The van der Waals surface area contributed by atoms with Gasteiger partial charge in [-0.1, -0.05) is 12.1 Å². The number of carbonyl (C=O) groups is 2. The molecule has 0 radical (unpaired) electrons. The topological polar surface area (TPSA) is 76.7 Å². The quantitative estimate of drug-likeness (QED) is 0.546. The summed E-state index contributed by atoms with van der Waals surface area (Å²) in [7, 11) is 0. The van der Waals surface area contributed by atoms with Crippen molar-refractivity contribution >= 4 is 11.9 Å². The van der Waals surface area contributed by atoms with Crippen LogP contribution in [0.3, 0.4) is 0 Å². The van der Waals surface area contributed by atoms with Gasteiger partial charge in [-0.3, -0.25) is 4.79 Å². The fourth-order valence-corrected chi connectivity index (χ4v) is 2.07. The Balaban J connectivity index is 2.24. The van der Waals surface area contributed by atoms with Crippen LogP contribution in [0.4, 0.5) is 0 Å². The normalized spacial score (nSPS) is 11.9. The van der Waals surface area contributed by atoms with E-state index < -0.39 is 11.2 Å². The van der Waals surface area contributed by atoms with E-state index in [-0.39, 0.29) is 18.5 Å². The van der Waals surface area contributed by atoms with Gasteiger partial charge in [0.05, 0.1) is 12.1 Å². The van der Waals surface area contributed by atoms with E-state index in [0.29, 0.717) is 18.7 Å². The Bertz CT molecular complexity index is 583. The minimum absolute atomic E-state index is 0.198. The zero-order valence-corrected chi connectivity index (χ0v) is 16.8. The van der Waals surface area contributed by atoms with Crippen LogP contribution in [0.1, 0.15) is 57.5 Å². The summed E-state index contributed by atoms with van der Waals surface area (Å²) in [5.41, 5.74) is 0.665. The van der Waals surface area contributed by atoms with Crippen molar-refractivity contribution < 1.29 is 19.1 Å². The SMILES string of the molecule is CC(C)(C)OC(=O)CNCCNCc1ccc(C(=O)OC(C)(C)C)cc1. The van der Waals surface area contributed by atoms with Gasteiger partial charge in [0, 0.05) is 19.6 Å². The third-order valence-corrected chi connectivity index (χ3v) is 3.09. The molecule has 0 aromatic heterocycles. The van der Waals surface area contributed by atoms with Gasteiger partial charge in [0.15, 0.2) is 0 Å². The highest BCUT2D eigenvalue weighted by atomic mass is 16.6. The van der Waals surface area contributed by atoms with Crippen LogP contribution in [0.2, 0.25) is 0 Å². The van der Waals surface area contributed by atoms with Crippen LogP contribution < -0.4 is 10.6 Å². The van der Waals surface area contributed by atoms with Crippen LogP contribution >= 0.6 is 0 Å². The third kappa shape index (κ3) is 10.2. The predicted molar refractivity (Wildman–Crippen MR) is 102 cm³/mol. The van der Waals surface area contributed by atoms with Crippen LogP contribution in [-0.2, 0) is 20.8 Å². The number of hydrogen-bond donors (Lipinski definition) is 2. The second-order valence-corrected chi connectivity index (χ2v) is 8.14. The molecule has 0 aliphatic heterocycles. The molecule has 0 saturated carbocycles. The summed E-state index contributed by atoms with van der Waals surface area (Å²) in [6, 6.07) is 7.35. The Labute approximate surface area is 156 Å². The first kappa shape index (κ1) is 22.1. The van der Waals surface area contributed by atoms with Gasteiger partial charge in [0.25, 0.3) is 0 Å². The van der Waals surface area contributed by atoms with E-state index in [2.05, 4.69) is 10.6 Å². The fraction of sp³-hybridized carbons (Fsp3) is 0.600. The van der Waals surface area contributed by atoms with Gasteiger partial charge in [-0.25, -0.2) is 4.79 Å². The minimum atomic E-state index is -0.496. The highest BCUT2D eigenvalue weighted by Crippen LogP contribution is 2.12. The highest BCUT2D eigenvalue weighted by molar-refractivity contribution is 5.89. The molecule has 0 fully saturated rings. The van der Waals surface area contributed by atoms with E-state index in [1.54, 1.807) is 12.1 Å². The fourth-order valence-electron chi connectivity index (χ4n) is 2.07. The summed E-state index contributed by atoms with van der Waals surface area (Å²) < 4.78 is 10.6. The molecule has 0 heterocycles. The van der Waals surface area contributed by atoms with Crippen molar-refractivity contribution in [1.82, 2.24) is 10.6 Å². The summed E-state index contributed by atoms with van der Waals surface area (Å²) in [6.07, 6.45) is 0. The molecule has 1 aromatic rings. The maximum absolute atomic E-state index is 12.0. The molecule has 6 heteroatoms. The van der Waals surface area contributed by atoms with Gasteiger partial charge >= 0.3 is 11.9 Å². The second kappa shape index (κ2) is 9.69. The smallest absolute Gasteiger partial charge is 0.338 e. The molecule has 146 valence electrons. The molecular formula is C20H32N2O4. The van der Waals surface area contributed by atoms with Crippen molar-refractivity contribution in [3.63, 3.8) is 0 Å². The zero-order chi connectivity index (χ0) is 19.8. The number of esters is 2. The summed E-state index contributed by atoms with van der Waals surface area (Å²) >= 11 is 0. The van der Waals surface area contributed by atoms with Crippen molar-refractivity contribution in [2.24, 2.45) is 0 Å². The lowest BCUT2D eigenvalue weighted by molar-refractivity contribution is -0.153. The number of hydrogen-bond acceptors (Lipinski definition) is 6. The van der Waals surface area contributed by atoms with Crippen LogP contribution in [0.25, 0.3) is 0 Å². The molecule has 0 atom stereocenters. The van der Waals surface area contributed by atoms with E-state index in [1.807, 2.05) is 53.7 Å². The van der Waals surface area contributed by atoms with Crippen molar-refractivity contribution in [3.8, 4) is 0 Å². The lowest BCUT2D eigenvalue weighted by Crippen LogP contribution is -2.34. The van der Waals surface area contributed by atoms with Crippen LogP contribution in [0, 0.1) is 0 Å². The molecular weight excluding hydrogens is 332 g/mol. The molecule has 0 bridgehead atoms. The molecule has 6 nitrogen and oxygen atoms in total. The lowest BCUT2D eigenvalue weighted by atomic mass is 10.1. The first-order chi connectivity index (χ1) is 12.0. The zero-order valence-electron chi connectivity index (χ0n) is 16.8. The lowest BCUT2D eigenvalue weighted by Gasteiger charge is -2.19. The van der Waals surface area contributed by atoms with Crippen LogP contribution in [-0.4, -0.2) is 42.8 Å². The summed E-state index contributed by atoms with van der Waals surface area (Å²) in [4.78, 5) is 23.5.